The second-order valence-corrected chi connectivity index (χ2v) is 6.04. The first-order chi connectivity index (χ1) is 8.21. The Morgan fingerprint density at radius 3 is 3.06 bits per heavy atom. The standard InChI is InChI=1S/C11H13ClN4S/c1-17-11(4-5-11)7-13-10-14-9-3-2-8(12)6-16(9)15-10/h2-3,6H,4-5,7H2,1H3,(H,13,15). The molecule has 17 heavy (non-hydrogen) atoms. The summed E-state index contributed by atoms with van der Waals surface area (Å²) in [5, 5.41) is 8.30. The number of nitrogens with zero attached hydrogens (tertiary/aromatic N) is 3. The lowest BCUT2D eigenvalue weighted by Gasteiger charge is -2.10. The van der Waals surface area contributed by atoms with Gasteiger partial charge in [0.1, 0.15) is 0 Å². The molecule has 2 aromatic heterocycles. The Balaban J connectivity index is 1.77. The van der Waals surface area contributed by atoms with Crippen LogP contribution < -0.4 is 5.32 Å². The Morgan fingerprint density at radius 1 is 1.53 bits per heavy atom. The third-order valence-corrected chi connectivity index (χ3v) is 4.75. The number of halogens is 1. The Labute approximate surface area is 109 Å². The van der Waals surface area contributed by atoms with Crippen LogP contribution in [0.1, 0.15) is 12.8 Å². The second kappa shape index (κ2) is 4.07. The van der Waals surface area contributed by atoms with Crippen LogP contribution >= 0.6 is 23.4 Å². The molecule has 0 unspecified atom stereocenters. The summed E-state index contributed by atoms with van der Waals surface area (Å²) in [6.45, 7) is 0.929. The van der Waals surface area contributed by atoms with Gasteiger partial charge in [0.05, 0.1) is 5.02 Å². The zero-order valence-corrected chi connectivity index (χ0v) is 11.1. The quantitative estimate of drug-likeness (QED) is 0.926. The zero-order valence-electron chi connectivity index (χ0n) is 9.48. The number of fused-ring (bicyclic) bond motifs is 1. The fraction of sp³-hybridized carbons (Fsp3) is 0.455. The predicted molar refractivity (Wildman–Crippen MR) is 72.0 cm³/mol. The summed E-state index contributed by atoms with van der Waals surface area (Å²) < 4.78 is 2.11. The van der Waals surface area contributed by atoms with Crippen molar-refractivity contribution in [2.24, 2.45) is 0 Å². The van der Waals surface area contributed by atoms with E-state index in [1.165, 1.54) is 12.8 Å². The van der Waals surface area contributed by atoms with Crippen LogP contribution in [0.25, 0.3) is 5.65 Å². The molecule has 1 saturated carbocycles. The van der Waals surface area contributed by atoms with Gasteiger partial charge in [-0.15, -0.1) is 5.10 Å². The van der Waals surface area contributed by atoms with Crippen molar-refractivity contribution in [2.45, 2.75) is 17.6 Å². The number of hydrogen-bond donors (Lipinski definition) is 1. The zero-order chi connectivity index (χ0) is 11.9. The van der Waals surface area contributed by atoms with Gasteiger partial charge in [-0.2, -0.15) is 16.7 Å². The van der Waals surface area contributed by atoms with Gasteiger partial charge in [0.25, 0.3) is 0 Å². The van der Waals surface area contributed by atoms with Gasteiger partial charge in [-0.3, -0.25) is 0 Å². The molecule has 1 aliphatic carbocycles. The molecular weight excluding hydrogens is 256 g/mol. The fourth-order valence-electron chi connectivity index (χ4n) is 1.77. The molecule has 1 N–H and O–H groups in total. The topological polar surface area (TPSA) is 42.2 Å². The molecule has 0 spiro atoms. The van der Waals surface area contributed by atoms with Gasteiger partial charge in [0.2, 0.25) is 5.95 Å². The minimum atomic E-state index is 0.412. The first-order valence-electron chi connectivity index (χ1n) is 5.52. The smallest absolute Gasteiger partial charge is 0.243 e. The maximum absolute atomic E-state index is 5.90. The summed E-state index contributed by atoms with van der Waals surface area (Å²) in [7, 11) is 0. The highest BCUT2D eigenvalue weighted by Gasteiger charge is 2.41. The molecule has 90 valence electrons. The molecule has 0 aromatic carbocycles. The highest BCUT2D eigenvalue weighted by Crippen LogP contribution is 2.46. The predicted octanol–water partition coefficient (Wildman–Crippen LogP) is 2.69. The van der Waals surface area contributed by atoms with Crippen molar-refractivity contribution in [1.82, 2.24) is 14.6 Å². The van der Waals surface area contributed by atoms with Crippen molar-refractivity contribution in [3.63, 3.8) is 0 Å². The van der Waals surface area contributed by atoms with Gasteiger partial charge in [0.15, 0.2) is 5.65 Å². The van der Waals surface area contributed by atoms with Gasteiger partial charge in [0, 0.05) is 17.5 Å². The monoisotopic (exact) mass is 268 g/mol. The maximum Gasteiger partial charge on any atom is 0.243 e. The van der Waals surface area contributed by atoms with E-state index in [1.54, 1.807) is 10.7 Å². The van der Waals surface area contributed by atoms with E-state index in [0.29, 0.717) is 15.7 Å². The molecule has 1 fully saturated rings. The van der Waals surface area contributed by atoms with E-state index in [2.05, 4.69) is 21.7 Å². The Hall–Kier alpha value is -0.940. The minimum absolute atomic E-state index is 0.412. The summed E-state index contributed by atoms with van der Waals surface area (Å²) in [4.78, 5) is 4.39. The molecule has 3 rings (SSSR count). The fourth-order valence-corrected chi connectivity index (χ4v) is 2.65. The molecule has 0 amide bonds. The Morgan fingerprint density at radius 2 is 2.35 bits per heavy atom. The maximum atomic E-state index is 5.90. The van der Waals surface area contributed by atoms with E-state index in [9.17, 15) is 0 Å². The third kappa shape index (κ3) is 2.21. The number of aromatic nitrogens is 3. The van der Waals surface area contributed by atoms with Gasteiger partial charge >= 0.3 is 0 Å². The number of nitrogens with one attached hydrogen (secondary N) is 1. The van der Waals surface area contributed by atoms with Crippen LogP contribution in [-0.2, 0) is 0 Å². The molecule has 2 aromatic rings. The van der Waals surface area contributed by atoms with E-state index < -0.39 is 0 Å². The van der Waals surface area contributed by atoms with Crippen molar-refractivity contribution in [3.8, 4) is 0 Å². The van der Waals surface area contributed by atoms with Crippen molar-refractivity contribution in [2.75, 3.05) is 18.1 Å². The van der Waals surface area contributed by atoms with Crippen LogP contribution in [0.5, 0.6) is 0 Å². The van der Waals surface area contributed by atoms with Crippen molar-refractivity contribution in [1.29, 1.82) is 0 Å². The van der Waals surface area contributed by atoms with E-state index in [0.717, 1.165) is 12.2 Å². The highest BCUT2D eigenvalue weighted by molar-refractivity contribution is 8.00. The normalized spacial score (nSPS) is 17.3. The average molecular weight is 269 g/mol. The van der Waals surface area contributed by atoms with Crippen molar-refractivity contribution >= 4 is 35.0 Å². The third-order valence-electron chi connectivity index (χ3n) is 3.10. The average Bonchev–Trinajstić information content (AvgIpc) is 3.00. The van der Waals surface area contributed by atoms with E-state index >= 15 is 0 Å². The minimum Gasteiger partial charge on any atom is -0.352 e. The summed E-state index contributed by atoms with van der Waals surface area (Å²) in [6, 6.07) is 3.68. The largest absolute Gasteiger partial charge is 0.352 e. The Kier molecular flexibility index (Phi) is 2.67. The molecule has 0 aliphatic heterocycles. The molecule has 1 aliphatic rings. The van der Waals surface area contributed by atoms with E-state index in [4.69, 9.17) is 11.6 Å². The summed E-state index contributed by atoms with van der Waals surface area (Å²) in [5.41, 5.74) is 0.811. The lowest BCUT2D eigenvalue weighted by Crippen LogP contribution is -2.18. The molecule has 2 heterocycles. The highest BCUT2D eigenvalue weighted by atomic mass is 35.5. The lowest BCUT2D eigenvalue weighted by atomic mass is 10.4. The molecule has 0 atom stereocenters. The van der Waals surface area contributed by atoms with Gasteiger partial charge in [-0.1, -0.05) is 11.6 Å². The molecular formula is C11H13ClN4S. The van der Waals surface area contributed by atoms with Gasteiger partial charge < -0.3 is 5.32 Å². The van der Waals surface area contributed by atoms with Crippen LogP contribution in [0.15, 0.2) is 18.3 Å². The van der Waals surface area contributed by atoms with Crippen LogP contribution in [-0.4, -0.2) is 32.1 Å². The van der Waals surface area contributed by atoms with Crippen LogP contribution in [0.4, 0.5) is 5.95 Å². The first-order valence-corrected chi connectivity index (χ1v) is 7.12. The summed E-state index contributed by atoms with van der Waals surface area (Å²) in [5.74, 6) is 0.674. The number of thioether (sulfide) groups is 1. The Bertz CT molecular complexity index is 549. The summed E-state index contributed by atoms with van der Waals surface area (Å²) >= 11 is 7.82. The van der Waals surface area contributed by atoms with Crippen molar-refractivity contribution < 1.29 is 0 Å². The first kappa shape index (κ1) is 11.2. The van der Waals surface area contributed by atoms with Crippen molar-refractivity contribution in [3.05, 3.63) is 23.4 Å². The molecule has 0 bridgehead atoms. The van der Waals surface area contributed by atoms with Crippen LogP contribution in [0.2, 0.25) is 5.02 Å². The van der Waals surface area contributed by atoms with Crippen LogP contribution in [0.3, 0.4) is 0 Å². The number of rotatable bonds is 4. The molecule has 4 nitrogen and oxygen atoms in total. The SMILES string of the molecule is CSC1(CNc2nc3ccc(Cl)cn3n2)CC1. The number of anilines is 1. The number of hydrogen-bond acceptors (Lipinski definition) is 4. The molecule has 0 saturated heterocycles. The van der Waals surface area contributed by atoms with Gasteiger partial charge in [-0.05, 0) is 31.2 Å². The van der Waals surface area contributed by atoms with E-state index in [1.807, 2.05) is 23.9 Å². The van der Waals surface area contributed by atoms with E-state index in [-0.39, 0.29) is 0 Å². The van der Waals surface area contributed by atoms with Gasteiger partial charge in [-0.25, -0.2) is 4.52 Å². The lowest BCUT2D eigenvalue weighted by molar-refractivity contribution is 0.909. The second-order valence-electron chi connectivity index (χ2n) is 4.33. The van der Waals surface area contributed by atoms with Crippen LogP contribution in [0, 0.1) is 0 Å². The number of pyridine rings is 1. The molecule has 0 radical (unpaired) electrons. The summed E-state index contributed by atoms with van der Waals surface area (Å²) in [6.07, 6.45) is 6.48. The molecule has 6 heteroatoms.